The van der Waals surface area contributed by atoms with Crippen LogP contribution in [0.15, 0.2) is 66.9 Å². The predicted molar refractivity (Wildman–Crippen MR) is 114 cm³/mol. The van der Waals surface area contributed by atoms with Crippen molar-refractivity contribution in [1.29, 1.82) is 0 Å². The Morgan fingerprint density at radius 3 is 2.50 bits per heavy atom. The van der Waals surface area contributed by atoms with E-state index in [-0.39, 0.29) is 0 Å². The van der Waals surface area contributed by atoms with Crippen molar-refractivity contribution >= 4 is 16.7 Å². The van der Waals surface area contributed by atoms with Crippen LogP contribution in [0.3, 0.4) is 0 Å². The molecule has 0 amide bonds. The molecular weight excluding hydrogens is 344 g/mol. The number of hydrogen-bond acceptors (Lipinski definition) is 2. The van der Waals surface area contributed by atoms with Gasteiger partial charge in [-0.15, -0.1) is 0 Å². The molecule has 1 N–H and O–H groups in total. The number of benzene rings is 2. The van der Waals surface area contributed by atoms with Crippen molar-refractivity contribution in [3.63, 3.8) is 0 Å². The number of aromatic amines is 1. The van der Waals surface area contributed by atoms with Crippen LogP contribution in [-0.2, 0) is 12.8 Å². The number of imidazole rings is 2. The standard InChI is InChI=1S/C24H22N4/c1-16-7-9-18(10-8-16)24-21(28-14-13-17(2)15-23(28)27-24)11-12-22-25-19-5-3-4-6-20(19)26-22/h3-10,13-15H,11-12H2,1-2H3,(H,25,26). The Morgan fingerprint density at radius 1 is 0.857 bits per heavy atom. The number of pyridine rings is 1. The minimum Gasteiger partial charge on any atom is -0.342 e. The van der Waals surface area contributed by atoms with Crippen molar-refractivity contribution < 1.29 is 0 Å². The van der Waals surface area contributed by atoms with Crippen LogP contribution in [0.2, 0.25) is 0 Å². The second-order valence-electron chi connectivity index (χ2n) is 7.41. The quantitative estimate of drug-likeness (QED) is 0.470. The maximum absolute atomic E-state index is 4.96. The Kier molecular flexibility index (Phi) is 3.97. The molecule has 4 nitrogen and oxygen atoms in total. The Hall–Kier alpha value is -3.40. The maximum atomic E-state index is 4.96. The molecule has 5 aromatic rings. The van der Waals surface area contributed by atoms with Gasteiger partial charge in [0.15, 0.2) is 0 Å². The van der Waals surface area contributed by atoms with Gasteiger partial charge in [0.05, 0.1) is 22.4 Å². The summed E-state index contributed by atoms with van der Waals surface area (Å²) >= 11 is 0. The zero-order chi connectivity index (χ0) is 19.1. The summed E-state index contributed by atoms with van der Waals surface area (Å²) in [5.41, 5.74) is 9.02. The molecule has 0 aliphatic rings. The summed E-state index contributed by atoms with van der Waals surface area (Å²) < 4.78 is 2.21. The Morgan fingerprint density at radius 2 is 1.68 bits per heavy atom. The molecule has 0 fully saturated rings. The van der Waals surface area contributed by atoms with E-state index in [4.69, 9.17) is 9.97 Å². The number of rotatable bonds is 4. The van der Waals surface area contributed by atoms with Gasteiger partial charge in [0, 0.05) is 18.2 Å². The molecule has 5 rings (SSSR count). The first kappa shape index (κ1) is 16.8. The molecule has 0 bridgehead atoms. The second kappa shape index (κ2) is 6.64. The largest absolute Gasteiger partial charge is 0.342 e. The summed E-state index contributed by atoms with van der Waals surface area (Å²) in [6.07, 6.45) is 3.84. The van der Waals surface area contributed by atoms with Crippen LogP contribution in [0.4, 0.5) is 0 Å². The SMILES string of the molecule is Cc1ccc(-c2nc3cc(C)ccn3c2CCc2nc3ccccc3[nH]2)cc1. The van der Waals surface area contributed by atoms with E-state index in [0.717, 1.165) is 46.6 Å². The van der Waals surface area contributed by atoms with Gasteiger partial charge in [-0.3, -0.25) is 0 Å². The van der Waals surface area contributed by atoms with Crippen molar-refractivity contribution in [2.75, 3.05) is 0 Å². The lowest BCUT2D eigenvalue weighted by Gasteiger charge is -2.05. The number of aryl methyl sites for hydroxylation is 4. The molecule has 0 unspecified atom stereocenters. The third kappa shape index (κ3) is 2.97. The predicted octanol–water partition coefficient (Wildman–Crippen LogP) is 5.28. The second-order valence-corrected chi connectivity index (χ2v) is 7.41. The third-order valence-corrected chi connectivity index (χ3v) is 5.24. The molecule has 0 aliphatic heterocycles. The van der Waals surface area contributed by atoms with E-state index in [1.54, 1.807) is 0 Å². The van der Waals surface area contributed by atoms with E-state index < -0.39 is 0 Å². The summed E-state index contributed by atoms with van der Waals surface area (Å²) in [5.74, 6) is 1.01. The van der Waals surface area contributed by atoms with Crippen LogP contribution in [-0.4, -0.2) is 19.4 Å². The summed E-state index contributed by atoms with van der Waals surface area (Å²) in [7, 11) is 0. The molecule has 0 atom stereocenters. The van der Waals surface area contributed by atoms with Crippen LogP contribution in [0.25, 0.3) is 27.9 Å². The highest BCUT2D eigenvalue weighted by Crippen LogP contribution is 2.26. The topological polar surface area (TPSA) is 46.0 Å². The third-order valence-electron chi connectivity index (χ3n) is 5.24. The molecule has 0 spiro atoms. The Bertz CT molecular complexity index is 1240. The van der Waals surface area contributed by atoms with Gasteiger partial charge >= 0.3 is 0 Å². The van der Waals surface area contributed by atoms with Gasteiger partial charge in [-0.25, -0.2) is 9.97 Å². The molecule has 0 aliphatic carbocycles. The molecule has 138 valence electrons. The lowest BCUT2D eigenvalue weighted by molar-refractivity contribution is 0.851. The average molecular weight is 366 g/mol. The lowest BCUT2D eigenvalue weighted by atomic mass is 10.1. The summed E-state index contributed by atoms with van der Waals surface area (Å²) in [4.78, 5) is 13.1. The normalized spacial score (nSPS) is 11.5. The van der Waals surface area contributed by atoms with Crippen LogP contribution in [0.5, 0.6) is 0 Å². The van der Waals surface area contributed by atoms with Gasteiger partial charge < -0.3 is 9.38 Å². The highest BCUT2D eigenvalue weighted by molar-refractivity contribution is 5.74. The van der Waals surface area contributed by atoms with Crippen molar-refractivity contribution in [1.82, 2.24) is 19.4 Å². The fraction of sp³-hybridized carbons (Fsp3) is 0.167. The van der Waals surface area contributed by atoms with Crippen LogP contribution >= 0.6 is 0 Å². The highest BCUT2D eigenvalue weighted by atomic mass is 15.0. The van der Waals surface area contributed by atoms with Crippen LogP contribution < -0.4 is 0 Å². The minimum absolute atomic E-state index is 0.842. The number of nitrogens with zero attached hydrogens (tertiary/aromatic N) is 3. The molecule has 3 aromatic heterocycles. The van der Waals surface area contributed by atoms with E-state index >= 15 is 0 Å². The Balaban J connectivity index is 1.56. The summed E-state index contributed by atoms with van der Waals surface area (Å²) in [5, 5.41) is 0. The van der Waals surface area contributed by atoms with E-state index in [1.165, 1.54) is 16.8 Å². The number of H-pyrrole nitrogens is 1. The number of hydrogen-bond donors (Lipinski definition) is 1. The lowest BCUT2D eigenvalue weighted by Crippen LogP contribution is -1.99. The number of nitrogens with one attached hydrogen (secondary N) is 1. The highest BCUT2D eigenvalue weighted by Gasteiger charge is 2.15. The first-order valence-electron chi connectivity index (χ1n) is 9.66. The van der Waals surface area contributed by atoms with E-state index in [1.807, 2.05) is 18.2 Å². The zero-order valence-electron chi connectivity index (χ0n) is 16.1. The number of fused-ring (bicyclic) bond motifs is 2. The van der Waals surface area contributed by atoms with Crippen molar-refractivity contribution in [2.24, 2.45) is 0 Å². The monoisotopic (exact) mass is 366 g/mol. The van der Waals surface area contributed by atoms with Crippen LogP contribution in [0.1, 0.15) is 22.6 Å². The van der Waals surface area contributed by atoms with Gasteiger partial charge in [-0.05, 0) is 50.1 Å². The molecule has 0 radical (unpaired) electrons. The van der Waals surface area contributed by atoms with Crippen molar-refractivity contribution in [2.45, 2.75) is 26.7 Å². The molecule has 28 heavy (non-hydrogen) atoms. The fourth-order valence-electron chi connectivity index (χ4n) is 3.74. The van der Waals surface area contributed by atoms with Gasteiger partial charge in [0.2, 0.25) is 0 Å². The van der Waals surface area contributed by atoms with Gasteiger partial charge in [-0.1, -0.05) is 42.0 Å². The van der Waals surface area contributed by atoms with E-state index in [9.17, 15) is 0 Å². The molecule has 2 aromatic carbocycles. The number of para-hydroxylation sites is 2. The minimum atomic E-state index is 0.842. The first-order valence-corrected chi connectivity index (χ1v) is 9.66. The zero-order valence-corrected chi connectivity index (χ0v) is 16.1. The smallest absolute Gasteiger partial charge is 0.137 e. The van der Waals surface area contributed by atoms with Crippen LogP contribution in [0, 0.1) is 13.8 Å². The Labute approximate surface area is 163 Å². The molecule has 3 heterocycles. The molecule has 0 saturated heterocycles. The first-order chi connectivity index (χ1) is 13.7. The van der Waals surface area contributed by atoms with E-state index in [0.29, 0.717) is 0 Å². The van der Waals surface area contributed by atoms with Crippen molar-refractivity contribution in [3.05, 3.63) is 89.5 Å². The molecule has 0 saturated carbocycles. The van der Waals surface area contributed by atoms with E-state index in [2.05, 4.69) is 71.9 Å². The average Bonchev–Trinajstić information content (AvgIpc) is 3.27. The fourth-order valence-corrected chi connectivity index (χ4v) is 3.74. The molecule has 4 heteroatoms. The van der Waals surface area contributed by atoms with Gasteiger partial charge in [-0.2, -0.15) is 0 Å². The maximum Gasteiger partial charge on any atom is 0.137 e. The number of aromatic nitrogens is 4. The summed E-state index contributed by atoms with van der Waals surface area (Å²) in [6, 6.07) is 21.1. The summed E-state index contributed by atoms with van der Waals surface area (Å²) in [6.45, 7) is 4.22. The van der Waals surface area contributed by atoms with Crippen molar-refractivity contribution in [3.8, 4) is 11.3 Å². The van der Waals surface area contributed by atoms with Gasteiger partial charge in [0.25, 0.3) is 0 Å². The molecular formula is C24H22N4. The van der Waals surface area contributed by atoms with Gasteiger partial charge in [0.1, 0.15) is 11.5 Å².